The van der Waals surface area contributed by atoms with Crippen LogP contribution >= 0.6 is 0 Å². The summed E-state index contributed by atoms with van der Waals surface area (Å²) in [6, 6.07) is 0.949. The van der Waals surface area contributed by atoms with Crippen LogP contribution in [0.4, 0.5) is 13.2 Å². The first-order valence-corrected chi connectivity index (χ1v) is 7.87. The predicted octanol–water partition coefficient (Wildman–Crippen LogP) is 4.44. The van der Waals surface area contributed by atoms with Crippen LogP contribution < -0.4 is 5.73 Å². The molecule has 1 atom stereocenters. The van der Waals surface area contributed by atoms with Crippen LogP contribution in [0.15, 0.2) is 30.0 Å². The van der Waals surface area contributed by atoms with Gasteiger partial charge in [-0.05, 0) is 39.7 Å². The Bertz CT molecular complexity index is 810. The van der Waals surface area contributed by atoms with E-state index in [0.29, 0.717) is 17.3 Å². The van der Waals surface area contributed by atoms with E-state index in [1.807, 2.05) is 26.8 Å². The number of aromatic nitrogens is 2. The maximum atomic E-state index is 14.4. The van der Waals surface area contributed by atoms with Crippen LogP contribution in [0.25, 0.3) is 11.3 Å². The van der Waals surface area contributed by atoms with Crippen molar-refractivity contribution in [2.24, 2.45) is 5.73 Å². The van der Waals surface area contributed by atoms with Gasteiger partial charge in [-0.1, -0.05) is 11.6 Å². The van der Waals surface area contributed by atoms with Crippen LogP contribution in [-0.2, 0) is 5.54 Å². The summed E-state index contributed by atoms with van der Waals surface area (Å²) in [7, 11) is 0. The van der Waals surface area contributed by atoms with Crippen molar-refractivity contribution in [2.45, 2.75) is 45.2 Å². The average Bonchev–Trinajstić information content (AvgIpc) is 3.15. The van der Waals surface area contributed by atoms with Gasteiger partial charge >= 0.3 is 0 Å². The minimum atomic E-state index is -1.22. The highest BCUT2D eigenvalue weighted by Gasteiger charge is 2.27. The standard InChI is InChI=1S/C18H20F3N3/c1-18(2,3)24-17(11-7-14(20)15(21)8-13(11)19)12(9-23-24)16(22)6-10-4-5-10/h6-9,16H,4-5,22H2,1-3H3. The van der Waals surface area contributed by atoms with Crippen molar-refractivity contribution in [3.05, 3.63) is 53.0 Å². The van der Waals surface area contributed by atoms with E-state index >= 15 is 0 Å². The molecule has 1 heterocycles. The highest BCUT2D eigenvalue weighted by molar-refractivity contribution is 5.66. The Morgan fingerprint density at radius 3 is 2.33 bits per heavy atom. The summed E-state index contributed by atoms with van der Waals surface area (Å²) < 4.78 is 43.0. The van der Waals surface area contributed by atoms with E-state index in [1.54, 1.807) is 10.9 Å². The molecular formula is C18H20F3N3. The van der Waals surface area contributed by atoms with Gasteiger partial charge in [0.05, 0.1) is 23.5 Å². The van der Waals surface area contributed by atoms with E-state index < -0.39 is 29.0 Å². The highest BCUT2D eigenvalue weighted by Crippen LogP contribution is 2.37. The summed E-state index contributed by atoms with van der Waals surface area (Å²) in [5.74, 6) is -3.16. The molecule has 3 nitrogen and oxygen atoms in total. The summed E-state index contributed by atoms with van der Waals surface area (Å²) in [6.07, 6.45) is 5.52. The number of allylic oxidation sites excluding steroid dienone is 1. The first kappa shape index (κ1) is 16.8. The summed E-state index contributed by atoms with van der Waals surface area (Å²) in [6.45, 7) is 5.70. The Labute approximate surface area is 139 Å². The van der Waals surface area contributed by atoms with E-state index in [4.69, 9.17) is 5.73 Å². The number of hydrogen-bond acceptors (Lipinski definition) is 2. The number of nitrogens with two attached hydrogens (primary N) is 1. The fraction of sp³-hybridized carbons (Fsp3) is 0.389. The highest BCUT2D eigenvalue weighted by atomic mass is 19.2. The van der Waals surface area contributed by atoms with Gasteiger partial charge < -0.3 is 5.73 Å². The van der Waals surface area contributed by atoms with Gasteiger partial charge in [-0.3, -0.25) is 4.68 Å². The lowest BCUT2D eigenvalue weighted by Gasteiger charge is -2.24. The molecule has 1 aliphatic rings. The van der Waals surface area contributed by atoms with Crippen molar-refractivity contribution < 1.29 is 13.2 Å². The van der Waals surface area contributed by atoms with E-state index in [-0.39, 0.29) is 5.56 Å². The van der Waals surface area contributed by atoms with Gasteiger partial charge in [0.2, 0.25) is 0 Å². The molecule has 1 saturated carbocycles. The first-order valence-electron chi connectivity index (χ1n) is 7.87. The molecule has 1 aliphatic carbocycles. The molecular weight excluding hydrogens is 315 g/mol. The molecule has 0 bridgehead atoms. The van der Waals surface area contributed by atoms with Crippen molar-refractivity contribution in [3.63, 3.8) is 0 Å². The maximum absolute atomic E-state index is 14.4. The average molecular weight is 335 g/mol. The third-order valence-electron chi connectivity index (χ3n) is 4.01. The molecule has 0 spiro atoms. The molecule has 6 heteroatoms. The van der Waals surface area contributed by atoms with Gasteiger partial charge in [0.1, 0.15) is 5.82 Å². The van der Waals surface area contributed by atoms with Crippen LogP contribution in [0.5, 0.6) is 0 Å². The van der Waals surface area contributed by atoms with E-state index in [2.05, 4.69) is 5.10 Å². The number of halogens is 3. The number of nitrogens with zero attached hydrogens (tertiary/aromatic N) is 2. The first-order chi connectivity index (χ1) is 11.2. The van der Waals surface area contributed by atoms with Gasteiger partial charge in [-0.2, -0.15) is 5.10 Å². The lowest BCUT2D eigenvalue weighted by molar-refractivity contribution is 0.359. The molecule has 0 amide bonds. The Hall–Kier alpha value is -2.08. The van der Waals surface area contributed by atoms with E-state index in [0.717, 1.165) is 18.9 Å². The fourth-order valence-electron chi connectivity index (χ4n) is 2.67. The third-order valence-corrected chi connectivity index (χ3v) is 4.01. The summed E-state index contributed by atoms with van der Waals surface area (Å²) in [5.41, 5.74) is 7.92. The Morgan fingerprint density at radius 1 is 1.12 bits per heavy atom. The molecule has 1 aromatic carbocycles. The molecule has 0 saturated heterocycles. The summed E-state index contributed by atoms with van der Waals surface area (Å²) in [4.78, 5) is 0. The van der Waals surface area contributed by atoms with Crippen molar-refractivity contribution in [1.29, 1.82) is 0 Å². The largest absolute Gasteiger partial charge is 0.321 e. The number of hydrogen-bond donors (Lipinski definition) is 1. The minimum absolute atomic E-state index is 0.0408. The van der Waals surface area contributed by atoms with E-state index in [1.165, 1.54) is 5.57 Å². The fourth-order valence-corrected chi connectivity index (χ4v) is 2.67. The molecule has 128 valence electrons. The normalized spacial score (nSPS) is 15.5. The van der Waals surface area contributed by atoms with Gasteiger partial charge in [0, 0.05) is 17.2 Å². The molecule has 0 radical (unpaired) electrons. The number of benzene rings is 1. The monoisotopic (exact) mass is 335 g/mol. The Kier molecular flexibility index (Phi) is 4.03. The third kappa shape index (κ3) is 3.11. The second-order valence-corrected chi connectivity index (χ2v) is 7.13. The number of rotatable bonds is 3. The van der Waals surface area contributed by atoms with Crippen molar-refractivity contribution >= 4 is 0 Å². The molecule has 2 aromatic rings. The van der Waals surface area contributed by atoms with Crippen LogP contribution in [-0.4, -0.2) is 9.78 Å². The van der Waals surface area contributed by atoms with Crippen LogP contribution in [0, 0.1) is 17.5 Å². The van der Waals surface area contributed by atoms with E-state index in [9.17, 15) is 13.2 Å². The SMILES string of the molecule is CC(C)(C)n1ncc(C(N)C=C2CC2)c1-c1cc(F)c(F)cc1F. The van der Waals surface area contributed by atoms with Crippen molar-refractivity contribution in [1.82, 2.24) is 9.78 Å². The zero-order valence-corrected chi connectivity index (χ0v) is 13.9. The second kappa shape index (κ2) is 5.77. The molecule has 3 rings (SSSR count). The lowest BCUT2D eigenvalue weighted by atomic mass is 9.99. The molecule has 1 fully saturated rings. The predicted molar refractivity (Wildman–Crippen MR) is 86.8 cm³/mol. The van der Waals surface area contributed by atoms with Gasteiger partial charge in [0.15, 0.2) is 11.6 Å². The van der Waals surface area contributed by atoms with Gasteiger partial charge in [0.25, 0.3) is 0 Å². The zero-order valence-electron chi connectivity index (χ0n) is 13.9. The molecule has 2 N–H and O–H groups in total. The maximum Gasteiger partial charge on any atom is 0.161 e. The van der Waals surface area contributed by atoms with Crippen LogP contribution in [0.3, 0.4) is 0 Å². The van der Waals surface area contributed by atoms with Crippen molar-refractivity contribution in [2.75, 3.05) is 0 Å². The molecule has 24 heavy (non-hydrogen) atoms. The van der Waals surface area contributed by atoms with Crippen molar-refractivity contribution in [3.8, 4) is 11.3 Å². The Balaban J connectivity index is 2.22. The van der Waals surface area contributed by atoms with Gasteiger partial charge in [-0.25, -0.2) is 13.2 Å². The smallest absolute Gasteiger partial charge is 0.161 e. The second-order valence-electron chi connectivity index (χ2n) is 7.13. The topological polar surface area (TPSA) is 43.8 Å². The minimum Gasteiger partial charge on any atom is -0.321 e. The molecule has 0 aliphatic heterocycles. The lowest BCUT2D eigenvalue weighted by Crippen LogP contribution is -2.25. The summed E-state index contributed by atoms with van der Waals surface area (Å²) >= 11 is 0. The quantitative estimate of drug-likeness (QED) is 0.665. The zero-order chi connectivity index (χ0) is 17.6. The van der Waals surface area contributed by atoms with Crippen LogP contribution in [0.2, 0.25) is 0 Å². The molecule has 1 unspecified atom stereocenters. The summed E-state index contributed by atoms with van der Waals surface area (Å²) in [5, 5.41) is 4.33. The Morgan fingerprint density at radius 2 is 1.75 bits per heavy atom. The molecule has 1 aromatic heterocycles. The van der Waals surface area contributed by atoms with Gasteiger partial charge in [-0.15, -0.1) is 0 Å². The van der Waals surface area contributed by atoms with Crippen LogP contribution in [0.1, 0.15) is 45.2 Å².